The molecule has 0 fully saturated rings. The molecule has 24 heavy (non-hydrogen) atoms. The van der Waals surface area contributed by atoms with Gasteiger partial charge in [-0.05, 0) is 36.8 Å². The lowest BCUT2D eigenvalue weighted by atomic mass is 10.1. The number of hydrogen-bond donors (Lipinski definition) is 2. The average Bonchev–Trinajstić information content (AvgIpc) is 3.14. The summed E-state index contributed by atoms with van der Waals surface area (Å²) in [5.74, 6) is 0.399. The van der Waals surface area contributed by atoms with Gasteiger partial charge in [-0.15, -0.1) is 5.10 Å². The van der Waals surface area contributed by atoms with Crippen molar-refractivity contribution in [3.63, 3.8) is 0 Å². The molecule has 7 nitrogen and oxygen atoms in total. The molecule has 3 rings (SSSR count). The van der Waals surface area contributed by atoms with E-state index in [0.717, 1.165) is 5.56 Å². The Bertz CT molecular complexity index is 945. The number of nitrogen functional groups attached to an aromatic ring is 1. The standard InChI is InChI=1S/C15H14ClN5O2S/c1-9-4-5-10(7-11(9)16)12(22)8-20-15(24)21(14(17)19-20)18-13-3-2-6-23-13/h2-7,18H,8H2,1H3,(H2,17,19). The number of nitrogens with zero attached hydrogens (tertiary/aromatic N) is 3. The molecule has 0 aliphatic carbocycles. The van der Waals surface area contributed by atoms with Crippen molar-refractivity contribution in [2.45, 2.75) is 13.5 Å². The third kappa shape index (κ3) is 3.19. The molecule has 0 unspecified atom stereocenters. The smallest absolute Gasteiger partial charge is 0.240 e. The van der Waals surface area contributed by atoms with E-state index in [2.05, 4.69) is 10.5 Å². The van der Waals surface area contributed by atoms with Gasteiger partial charge in [0.2, 0.25) is 16.6 Å². The summed E-state index contributed by atoms with van der Waals surface area (Å²) in [5.41, 5.74) is 10.1. The normalized spacial score (nSPS) is 10.8. The van der Waals surface area contributed by atoms with E-state index in [1.54, 1.807) is 30.3 Å². The van der Waals surface area contributed by atoms with Gasteiger partial charge in [-0.2, -0.15) is 4.68 Å². The number of benzene rings is 1. The third-order valence-electron chi connectivity index (χ3n) is 3.39. The van der Waals surface area contributed by atoms with E-state index in [-0.39, 0.29) is 23.0 Å². The van der Waals surface area contributed by atoms with Crippen molar-refractivity contribution in [1.82, 2.24) is 14.5 Å². The number of rotatable bonds is 5. The van der Waals surface area contributed by atoms with Crippen LogP contribution in [0, 0.1) is 11.7 Å². The number of carbonyl (C=O) groups is 1. The van der Waals surface area contributed by atoms with Gasteiger partial charge in [-0.25, -0.2) is 4.68 Å². The lowest BCUT2D eigenvalue weighted by Crippen LogP contribution is -2.14. The van der Waals surface area contributed by atoms with Crippen molar-refractivity contribution in [1.29, 1.82) is 0 Å². The summed E-state index contributed by atoms with van der Waals surface area (Å²) in [6, 6.07) is 8.56. The number of anilines is 2. The van der Waals surface area contributed by atoms with E-state index < -0.39 is 0 Å². The number of halogens is 1. The number of ketones is 1. The van der Waals surface area contributed by atoms with Crippen LogP contribution >= 0.6 is 23.8 Å². The van der Waals surface area contributed by atoms with Gasteiger partial charge in [0.15, 0.2) is 5.78 Å². The zero-order chi connectivity index (χ0) is 17.3. The Labute approximate surface area is 147 Å². The van der Waals surface area contributed by atoms with Crippen molar-refractivity contribution >= 4 is 41.4 Å². The molecular formula is C15H14ClN5O2S. The Morgan fingerprint density at radius 3 is 2.92 bits per heavy atom. The van der Waals surface area contributed by atoms with Gasteiger partial charge in [0.1, 0.15) is 6.54 Å². The fraction of sp³-hybridized carbons (Fsp3) is 0.133. The predicted octanol–water partition coefficient (Wildman–Crippen LogP) is 3.31. The van der Waals surface area contributed by atoms with Crippen molar-refractivity contribution in [3.8, 4) is 0 Å². The van der Waals surface area contributed by atoms with Gasteiger partial charge in [-0.1, -0.05) is 23.7 Å². The Balaban J connectivity index is 1.84. The second-order valence-corrected chi connectivity index (χ2v) is 5.88. The first-order valence-electron chi connectivity index (χ1n) is 7.01. The molecular weight excluding hydrogens is 350 g/mol. The van der Waals surface area contributed by atoms with E-state index in [9.17, 15) is 4.79 Å². The van der Waals surface area contributed by atoms with Gasteiger partial charge in [-0.3, -0.25) is 10.2 Å². The highest BCUT2D eigenvalue weighted by Gasteiger charge is 2.14. The van der Waals surface area contributed by atoms with Crippen LogP contribution in [-0.4, -0.2) is 20.2 Å². The van der Waals surface area contributed by atoms with Crippen LogP contribution in [0.3, 0.4) is 0 Å². The zero-order valence-electron chi connectivity index (χ0n) is 12.7. The van der Waals surface area contributed by atoms with Crippen LogP contribution in [0.2, 0.25) is 5.02 Å². The van der Waals surface area contributed by atoms with Gasteiger partial charge in [0.25, 0.3) is 0 Å². The Kier molecular flexibility index (Phi) is 4.41. The van der Waals surface area contributed by atoms with Crippen LogP contribution in [0.25, 0.3) is 0 Å². The summed E-state index contributed by atoms with van der Waals surface area (Å²) in [7, 11) is 0. The molecule has 2 heterocycles. The molecule has 2 aromatic heterocycles. The zero-order valence-corrected chi connectivity index (χ0v) is 14.3. The lowest BCUT2D eigenvalue weighted by Gasteiger charge is -2.05. The minimum Gasteiger partial charge on any atom is -0.447 e. The summed E-state index contributed by atoms with van der Waals surface area (Å²) >= 11 is 11.4. The maximum atomic E-state index is 12.4. The van der Waals surface area contributed by atoms with Crippen LogP contribution < -0.4 is 11.2 Å². The summed E-state index contributed by atoms with van der Waals surface area (Å²) in [6.07, 6.45) is 1.51. The van der Waals surface area contributed by atoms with E-state index >= 15 is 0 Å². The quantitative estimate of drug-likeness (QED) is 0.533. The van der Waals surface area contributed by atoms with Crippen LogP contribution in [0.1, 0.15) is 15.9 Å². The monoisotopic (exact) mass is 363 g/mol. The van der Waals surface area contributed by atoms with Gasteiger partial charge in [0.05, 0.1) is 6.26 Å². The van der Waals surface area contributed by atoms with Crippen LogP contribution in [-0.2, 0) is 6.54 Å². The SMILES string of the molecule is Cc1ccc(C(=O)Cn2nc(N)n(Nc3ccco3)c2=S)cc1Cl. The molecule has 0 atom stereocenters. The molecule has 0 saturated heterocycles. The number of furan rings is 1. The van der Waals surface area contributed by atoms with Crippen LogP contribution in [0.4, 0.5) is 11.8 Å². The second kappa shape index (κ2) is 6.50. The van der Waals surface area contributed by atoms with E-state index in [1.165, 1.54) is 15.6 Å². The highest BCUT2D eigenvalue weighted by molar-refractivity contribution is 7.71. The van der Waals surface area contributed by atoms with Crippen molar-refractivity contribution in [2.24, 2.45) is 0 Å². The predicted molar refractivity (Wildman–Crippen MR) is 93.7 cm³/mol. The number of nitrogens with two attached hydrogens (primary N) is 1. The fourth-order valence-electron chi connectivity index (χ4n) is 2.08. The molecule has 9 heteroatoms. The van der Waals surface area contributed by atoms with Crippen molar-refractivity contribution in [3.05, 3.63) is 57.5 Å². The molecule has 0 bridgehead atoms. The number of nitrogens with one attached hydrogen (secondary N) is 1. The second-order valence-electron chi connectivity index (χ2n) is 5.11. The van der Waals surface area contributed by atoms with Gasteiger partial charge < -0.3 is 10.2 Å². The molecule has 0 saturated carbocycles. The molecule has 3 N–H and O–H groups in total. The van der Waals surface area contributed by atoms with Crippen molar-refractivity contribution in [2.75, 3.05) is 11.2 Å². The molecule has 124 valence electrons. The third-order valence-corrected chi connectivity index (χ3v) is 4.20. The van der Waals surface area contributed by atoms with Crippen LogP contribution in [0.15, 0.2) is 41.0 Å². The Morgan fingerprint density at radius 2 is 2.25 bits per heavy atom. The summed E-state index contributed by atoms with van der Waals surface area (Å²) in [5, 5.41) is 4.63. The van der Waals surface area contributed by atoms with Crippen LogP contribution in [0.5, 0.6) is 0 Å². The first-order valence-corrected chi connectivity index (χ1v) is 7.79. The first-order chi connectivity index (χ1) is 11.5. The highest BCUT2D eigenvalue weighted by Crippen LogP contribution is 2.18. The molecule has 3 aromatic rings. The van der Waals surface area contributed by atoms with E-state index in [4.69, 9.17) is 34.0 Å². The number of aryl methyl sites for hydroxylation is 1. The largest absolute Gasteiger partial charge is 0.447 e. The Hall–Kier alpha value is -2.58. The number of hydrogen-bond acceptors (Lipinski definition) is 6. The summed E-state index contributed by atoms with van der Waals surface area (Å²) in [4.78, 5) is 12.4. The first kappa shape index (κ1) is 16.3. The summed E-state index contributed by atoms with van der Waals surface area (Å²) < 4.78 is 8.13. The topological polar surface area (TPSA) is 91.0 Å². The van der Waals surface area contributed by atoms with Gasteiger partial charge >= 0.3 is 0 Å². The molecule has 0 aliphatic rings. The molecule has 1 aromatic carbocycles. The Morgan fingerprint density at radius 1 is 1.46 bits per heavy atom. The number of Topliss-reactive ketones (excluding diaryl/α,β-unsaturated/α-hetero) is 1. The lowest BCUT2D eigenvalue weighted by molar-refractivity contribution is 0.0967. The van der Waals surface area contributed by atoms with E-state index in [1.807, 2.05) is 6.92 Å². The molecule has 0 spiro atoms. The number of carbonyl (C=O) groups excluding carboxylic acids is 1. The van der Waals surface area contributed by atoms with E-state index in [0.29, 0.717) is 16.5 Å². The fourth-order valence-corrected chi connectivity index (χ4v) is 2.50. The maximum absolute atomic E-state index is 12.4. The minimum atomic E-state index is -0.171. The molecule has 0 radical (unpaired) electrons. The molecule has 0 aliphatic heterocycles. The van der Waals surface area contributed by atoms with Gasteiger partial charge in [0, 0.05) is 16.7 Å². The summed E-state index contributed by atoms with van der Waals surface area (Å²) in [6.45, 7) is 1.82. The number of aromatic nitrogens is 3. The maximum Gasteiger partial charge on any atom is 0.240 e. The highest BCUT2D eigenvalue weighted by atomic mass is 35.5. The average molecular weight is 364 g/mol. The minimum absolute atomic E-state index is 0.0464. The van der Waals surface area contributed by atoms with Crippen molar-refractivity contribution < 1.29 is 9.21 Å². The molecule has 0 amide bonds.